The zero-order valence-electron chi connectivity index (χ0n) is 6.39. The first kappa shape index (κ1) is 7.28. The van der Waals surface area contributed by atoms with Gasteiger partial charge in [-0.25, -0.2) is 0 Å². The second-order valence-electron chi connectivity index (χ2n) is 2.80. The SMILES string of the molecule is NCCc1scc2c1CNC2. The van der Waals surface area contributed by atoms with E-state index in [0.29, 0.717) is 0 Å². The Morgan fingerprint density at radius 3 is 3.27 bits per heavy atom. The molecule has 60 valence electrons. The average molecular weight is 168 g/mol. The molecule has 0 saturated carbocycles. The van der Waals surface area contributed by atoms with Gasteiger partial charge in [0.25, 0.3) is 0 Å². The molecule has 0 bridgehead atoms. The van der Waals surface area contributed by atoms with Crippen LogP contribution in [0.25, 0.3) is 0 Å². The molecular formula is C8H12N2S. The van der Waals surface area contributed by atoms with E-state index in [9.17, 15) is 0 Å². The van der Waals surface area contributed by atoms with Crippen molar-refractivity contribution in [3.8, 4) is 0 Å². The average Bonchev–Trinajstić information content (AvgIpc) is 2.53. The molecule has 3 N–H and O–H groups in total. The van der Waals surface area contributed by atoms with Gasteiger partial charge in [-0.15, -0.1) is 11.3 Å². The topological polar surface area (TPSA) is 38.0 Å². The summed E-state index contributed by atoms with van der Waals surface area (Å²) in [6, 6.07) is 0. The lowest BCUT2D eigenvalue weighted by Gasteiger charge is -1.96. The summed E-state index contributed by atoms with van der Waals surface area (Å²) in [5.74, 6) is 0. The van der Waals surface area contributed by atoms with Crippen molar-refractivity contribution >= 4 is 11.3 Å². The van der Waals surface area contributed by atoms with Gasteiger partial charge >= 0.3 is 0 Å². The maximum absolute atomic E-state index is 5.50. The van der Waals surface area contributed by atoms with E-state index in [1.54, 1.807) is 0 Å². The second-order valence-corrected chi connectivity index (χ2v) is 3.77. The molecule has 1 aromatic rings. The van der Waals surface area contributed by atoms with E-state index in [4.69, 9.17) is 5.73 Å². The zero-order valence-corrected chi connectivity index (χ0v) is 7.21. The van der Waals surface area contributed by atoms with Gasteiger partial charge in [0.05, 0.1) is 0 Å². The Morgan fingerprint density at radius 1 is 1.55 bits per heavy atom. The van der Waals surface area contributed by atoms with Crippen LogP contribution in [0.3, 0.4) is 0 Å². The Bertz CT molecular complexity index is 255. The molecule has 1 aliphatic heterocycles. The van der Waals surface area contributed by atoms with E-state index in [0.717, 1.165) is 26.1 Å². The maximum atomic E-state index is 5.50. The van der Waals surface area contributed by atoms with Crippen LogP contribution >= 0.6 is 11.3 Å². The zero-order chi connectivity index (χ0) is 7.68. The van der Waals surface area contributed by atoms with E-state index in [2.05, 4.69) is 10.7 Å². The van der Waals surface area contributed by atoms with Crippen LogP contribution in [-0.2, 0) is 19.5 Å². The molecule has 0 aliphatic carbocycles. The van der Waals surface area contributed by atoms with Crippen LogP contribution in [0.15, 0.2) is 5.38 Å². The quantitative estimate of drug-likeness (QED) is 0.687. The molecule has 0 spiro atoms. The van der Waals surface area contributed by atoms with Gasteiger partial charge in [0, 0.05) is 18.0 Å². The highest BCUT2D eigenvalue weighted by atomic mass is 32.1. The molecule has 0 fully saturated rings. The second kappa shape index (κ2) is 2.93. The van der Waals surface area contributed by atoms with E-state index in [-0.39, 0.29) is 0 Å². The van der Waals surface area contributed by atoms with Gasteiger partial charge < -0.3 is 11.1 Å². The summed E-state index contributed by atoms with van der Waals surface area (Å²) in [6.45, 7) is 2.87. The molecule has 1 aromatic heterocycles. The fraction of sp³-hybridized carbons (Fsp3) is 0.500. The lowest BCUT2D eigenvalue weighted by Crippen LogP contribution is -2.05. The first-order valence-electron chi connectivity index (χ1n) is 3.90. The lowest BCUT2D eigenvalue weighted by molar-refractivity contribution is 0.761. The monoisotopic (exact) mass is 168 g/mol. The minimum atomic E-state index is 0.771. The molecule has 2 nitrogen and oxygen atoms in total. The largest absolute Gasteiger partial charge is 0.330 e. The molecular weight excluding hydrogens is 156 g/mol. The van der Waals surface area contributed by atoms with Crippen LogP contribution in [0.2, 0.25) is 0 Å². The van der Waals surface area contributed by atoms with E-state index in [1.165, 1.54) is 16.0 Å². The van der Waals surface area contributed by atoms with Gasteiger partial charge in [0.2, 0.25) is 0 Å². The fourth-order valence-electron chi connectivity index (χ4n) is 1.49. The third-order valence-electron chi connectivity index (χ3n) is 2.06. The van der Waals surface area contributed by atoms with Crippen molar-refractivity contribution in [3.05, 3.63) is 21.4 Å². The number of rotatable bonds is 2. The van der Waals surface area contributed by atoms with E-state index >= 15 is 0 Å². The molecule has 2 heterocycles. The van der Waals surface area contributed by atoms with Crippen molar-refractivity contribution in [2.45, 2.75) is 19.5 Å². The Morgan fingerprint density at radius 2 is 2.45 bits per heavy atom. The molecule has 2 rings (SSSR count). The smallest absolute Gasteiger partial charge is 0.0222 e. The summed E-state index contributed by atoms with van der Waals surface area (Å²) in [5, 5.41) is 5.58. The third kappa shape index (κ3) is 1.20. The van der Waals surface area contributed by atoms with E-state index < -0.39 is 0 Å². The summed E-state index contributed by atoms with van der Waals surface area (Å²) in [6.07, 6.45) is 1.04. The molecule has 11 heavy (non-hydrogen) atoms. The minimum Gasteiger partial charge on any atom is -0.330 e. The molecule has 0 radical (unpaired) electrons. The molecule has 0 atom stereocenters. The minimum absolute atomic E-state index is 0.771. The number of nitrogens with two attached hydrogens (primary N) is 1. The van der Waals surface area contributed by atoms with Gasteiger partial charge in [-0.05, 0) is 29.5 Å². The van der Waals surface area contributed by atoms with Crippen LogP contribution in [-0.4, -0.2) is 6.54 Å². The van der Waals surface area contributed by atoms with Crippen LogP contribution in [0.5, 0.6) is 0 Å². The normalized spacial score (nSPS) is 15.4. The number of nitrogens with one attached hydrogen (secondary N) is 1. The number of fused-ring (bicyclic) bond motifs is 1. The first-order chi connectivity index (χ1) is 5.42. The van der Waals surface area contributed by atoms with E-state index in [1.807, 2.05) is 11.3 Å². The molecule has 0 saturated heterocycles. The lowest BCUT2D eigenvalue weighted by atomic mass is 10.1. The Labute approximate surface area is 70.4 Å². The van der Waals surface area contributed by atoms with Crippen molar-refractivity contribution < 1.29 is 0 Å². The number of hydrogen-bond donors (Lipinski definition) is 2. The van der Waals surface area contributed by atoms with Crippen LogP contribution < -0.4 is 11.1 Å². The van der Waals surface area contributed by atoms with Crippen molar-refractivity contribution in [3.63, 3.8) is 0 Å². The maximum Gasteiger partial charge on any atom is 0.0222 e. The third-order valence-corrected chi connectivity index (χ3v) is 3.19. The van der Waals surface area contributed by atoms with Crippen molar-refractivity contribution in [1.29, 1.82) is 0 Å². The van der Waals surface area contributed by atoms with Gasteiger partial charge in [-0.3, -0.25) is 0 Å². The van der Waals surface area contributed by atoms with Crippen molar-refractivity contribution in [2.24, 2.45) is 5.73 Å². The molecule has 1 aliphatic rings. The van der Waals surface area contributed by atoms with Crippen LogP contribution in [0, 0.1) is 0 Å². The van der Waals surface area contributed by atoms with Gasteiger partial charge in [0.1, 0.15) is 0 Å². The summed E-state index contributed by atoms with van der Waals surface area (Å²) >= 11 is 1.86. The fourth-order valence-corrected chi connectivity index (χ4v) is 2.58. The summed E-state index contributed by atoms with van der Waals surface area (Å²) in [5.41, 5.74) is 8.50. The van der Waals surface area contributed by atoms with Crippen molar-refractivity contribution in [1.82, 2.24) is 5.32 Å². The van der Waals surface area contributed by atoms with Gasteiger partial charge in [0.15, 0.2) is 0 Å². The predicted molar refractivity (Wildman–Crippen MR) is 47.6 cm³/mol. The first-order valence-corrected chi connectivity index (χ1v) is 4.78. The number of thiophene rings is 1. The number of hydrogen-bond acceptors (Lipinski definition) is 3. The van der Waals surface area contributed by atoms with Crippen LogP contribution in [0.4, 0.5) is 0 Å². The molecule has 3 heteroatoms. The molecule has 0 aromatic carbocycles. The Hall–Kier alpha value is -0.380. The van der Waals surface area contributed by atoms with Crippen LogP contribution in [0.1, 0.15) is 16.0 Å². The van der Waals surface area contributed by atoms with Gasteiger partial charge in [-0.1, -0.05) is 0 Å². The summed E-state index contributed by atoms with van der Waals surface area (Å²) in [7, 11) is 0. The Kier molecular flexibility index (Phi) is 1.94. The standard InChI is InChI=1S/C8H12N2S/c9-2-1-8-7-4-10-3-6(7)5-11-8/h5,10H,1-4,9H2. The highest BCUT2D eigenvalue weighted by Gasteiger charge is 2.15. The highest BCUT2D eigenvalue weighted by molar-refractivity contribution is 7.10. The molecule has 0 amide bonds. The highest BCUT2D eigenvalue weighted by Crippen LogP contribution is 2.26. The van der Waals surface area contributed by atoms with Gasteiger partial charge in [-0.2, -0.15) is 0 Å². The van der Waals surface area contributed by atoms with Crippen molar-refractivity contribution in [2.75, 3.05) is 6.54 Å². The Balaban J connectivity index is 2.27. The molecule has 0 unspecified atom stereocenters. The predicted octanol–water partition coefficient (Wildman–Crippen LogP) is 0.852. The summed E-state index contributed by atoms with van der Waals surface area (Å²) in [4.78, 5) is 1.48. The summed E-state index contributed by atoms with van der Waals surface area (Å²) < 4.78 is 0.